The summed E-state index contributed by atoms with van der Waals surface area (Å²) in [5.41, 5.74) is 0.277. The third kappa shape index (κ3) is 2.33. The highest BCUT2D eigenvalue weighted by molar-refractivity contribution is 5.96. The second-order valence-electron chi connectivity index (χ2n) is 5.13. The second kappa shape index (κ2) is 5.23. The summed E-state index contributed by atoms with van der Waals surface area (Å²) in [6.45, 7) is 0. The van der Waals surface area contributed by atoms with Crippen molar-refractivity contribution >= 4 is 23.3 Å². The van der Waals surface area contributed by atoms with Crippen LogP contribution < -0.4 is 5.32 Å². The molecule has 1 aromatic rings. The van der Waals surface area contributed by atoms with Gasteiger partial charge < -0.3 is 15.2 Å². The normalized spacial score (nSPS) is 28.5. The third-order valence-electron chi connectivity index (χ3n) is 3.83. The number of nitrogens with zero attached hydrogens (tertiary/aromatic N) is 1. The van der Waals surface area contributed by atoms with Crippen LogP contribution in [0.25, 0.3) is 0 Å². The molecule has 3 rings (SSSR count). The van der Waals surface area contributed by atoms with Gasteiger partial charge in [0.15, 0.2) is 0 Å². The Balaban J connectivity index is 1.75. The molecule has 0 unspecified atom stereocenters. The number of carboxylic acids is 1. The quantitative estimate of drug-likeness (QED) is 0.490. The number of rotatable bonds is 4. The highest BCUT2D eigenvalue weighted by atomic mass is 16.6. The van der Waals surface area contributed by atoms with Gasteiger partial charge in [0.25, 0.3) is 5.69 Å². The van der Waals surface area contributed by atoms with Gasteiger partial charge in [-0.1, -0.05) is 12.2 Å². The Kier molecular flexibility index (Phi) is 3.38. The molecule has 2 aliphatic heterocycles. The van der Waals surface area contributed by atoms with Crippen LogP contribution in [0.5, 0.6) is 0 Å². The van der Waals surface area contributed by atoms with E-state index in [1.807, 2.05) is 0 Å². The molecule has 2 N–H and O–H groups in total. The topological polar surface area (TPSA) is 119 Å². The average Bonchev–Trinajstić information content (AvgIpc) is 3.08. The number of non-ortho nitro benzene ring substituents is 1. The van der Waals surface area contributed by atoms with Gasteiger partial charge in [0, 0.05) is 17.8 Å². The Morgan fingerprint density at radius 2 is 1.73 bits per heavy atom. The molecule has 0 radical (unpaired) electrons. The van der Waals surface area contributed by atoms with Gasteiger partial charge in [0.1, 0.15) is 5.92 Å². The zero-order valence-corrected chi connectivity index (χ0v) is 11.2. The Bertz CT molecular complexity index is 668. The van der Waals surface area contributed by atoms with Crippen molar-refractivity contribution in [2.75, 3.05) is 5.32 Å². The Hall–Kier alpha value is -2.74. The summed E-state index contributed by atoms with van der Waals surface area (Å²) in [6, 6.07) is 5.33. The number of hydrogen-bond donors (Lipinski definition) is 2. The standard InChI is InChI=1S/C14H12N2O6/c17-13(15-7-1-3-8(4-2-7)16(20)21)11-9-5-6-10(22-9)12(11)14(18)19/h1-6,9-12H,(H,15,17)(H,18,19)/t9-,10-,11-,12-/m1/s1. The Morgan fingerprint density at radius 1 is 1.14 bits per heavy atom. The van der Waals surface area contributed by atoms with E-state index in [0.29, 0.717) is 5.69 Å². The first-order valence-corrected chi connectivity index (χ1v) is 6.59. The van der Waals surface area contributed by atoms with Crippen LogP contribution in [0.1, 0.15) is 0 Å². The maximum absolute atomic E-state index is 12.3. The van der Waals surface area contributed by atoms with Crippen molar-refractivity contribution in [2.45, 2.75) is 12.2 Å². The first kappa shape index (κ1) is 14.2. The van der Waals surface area contributed by atoms with Gasteiger partial charge in [-0.15, -0.1) is 0 Å². The molecular formula is C14H12N2O6. The highest BCUT2D eigenvalue weighted by Crippen LogP contribution is 2.39. The summed E-state index contributed by atoms with van der Waals surface area (Å²) in [6.07, 6.45) is 2.20. The second-order valence-corrected chi connectivity index (χ2v) is 5.13. The van der Waals surface area contributed by atoms with Crippen LogP contribution in [0.4, 0.5) is 11.4 Å². The minimum atomic E-state index is -1.08. The van der Waals surface area contributed by atoms with Crippen LogP contribution in [0, 0.1) is 22.0 Å². The van der Waals surface area contributed by atoms with Crippen molar-refractivity contribution in [3.8, 4) is 0 Å². The number of aliphatic carboxylic acids is 1. The van der Waals surface area contributed by atoms with E-state index in [9.17, 15) is 24.8 Å². The Labute approximate surface area is 124 Å². The minimum absolute atomic E-state index is 0.0902. The van der Waals surface area contributed by atoms with Gasteiger partial charge >= 0.3 is 5.97 Å². The van der Waals surface area contributed by atoms with Crippen molar-refractivity contribution in [1.82, 2.24) is 0 Å². The molecule has 114 valence electrons. The minimum Gasteiger partial charge on any atom is -0.481 e. The molecule has 1 amide bonds. The molecule has 8 heteroatoms. The third-order valence-corrected chi connectivity index (χ3v) is 3.83. The summed E-state index contributed by atoms with van der Waals surface area (Å²) in [5.74, 6) is -3.30. The molecule has 22 heavy (non-hydrogen) atoms. The first-order valence-electron chi connectivity index (χ1n) is 6.59. The molecule has 4 atom stereocenters. The van der Waals surface area contributed by atoms with Gasteiger partial charge in [-0.25, -0.2) is 0 Å². The first-order chi connectivity index (χ1) is 10.5. The number of amides is 1. The smallest absolute Gasteiger partial charge is 0.310 e. The fraction of sp³-hybridized carbons (Fsp3) is 0.286. The Morgan fingerprint density at radius 3 is 2.27 bits per heavy atom. The number of carbonyl (C=O) groups is 2. The number of benzene rings is 1. The number of ether oxygens (including phenoxy) is 1. The summed E-state index contributed by atoms with van der Waals surface area (Å²) in [4.78, 5) is 33.7. The van der Waals surface area contributed by atoms with E-state index in [2.05, 4.69) is 5.32 Å². The molecule has 0 aromatic heterocycles. The molecule has 2 aliphatic rings. The van der Waals surface area contributed by atoms with Gasteiger partial charge in [-0.2, -0.15) is 0 Å². The lowest BCUT2D eigenvalue weighted by atomic mass is 9.82. The summed E-state index contributed by atoms with van der Waals surface area (Å²) >= 11 is 0. The van der Waals surface area contributed by atoms with Crippen molar-refractivity contribution in [1.29, 1.82) is 0 Å². The van der Waals surface area contributed by atoms with E-state index >= 15 is 0 Å². The van der Waals surface area contributed by atoms with Crippen molar-refractivity contribution in [3.05, 3.63) is 46.5 Å². The molecule has 2 heterocycles. The van der Waals surface area contributed by atoms with E-state index in [0.717, 1.165) is 0 Å². The average molecular weight is 304 g/mol. The molecule has 0 spiro atoms. The number of carbonyl (C=O) groups excluding carboxylic acids is 1. The lowest BCUT2D eigenvalue weighted by Gasteiger charge is -2.20. The van der Waals surface area contributed by atoms with Gasteiger partial charge in [-0.3, -0.25) is 19.7 Å². The monoisotopic (exact) mass is 304 g/mol. The number of fused-ring (bicyclic) bond motifs is 2. The van der Waals surface area contributed by atoms with E-state index in [4.69, 9.17) is 4.74 Å². The fourth-order valence-corrected chi connectivity index (χ4v) is 2.81. The zero-order chi connectivity index (χ0) is 15.9. The molecule has 2 bridgehead atoms. The zero-order valence-electron chi connectivity index (χ0n) is 11.2. The van der Waals surface area contributed by atoms with Crippen LogP contribution in [-0.2, 0) is 14.3 Å². The lowest BCUT2D eigenvalue weighted by molar-refractivity contribution is -0.384. The van der Waals surface area contributed by atoms with Crippen molar-refractivity contribution in [2.24, 2.45) is 11.8 Å². The number of carboxylic acid groups (broad SMARTS) is 1. The molecule has 0 saturated carbocycles. The lowest BCUT2D eigenvalue weighted by Crippen LogP contribution is -2.39. The van der Waals surface area contributed by atoms with Crippen LogP contribution in [0.15, 0.2) is 36.4 Å². The molecule has 1 aromatic carbocycles. The predicted octanol–water partition coefficient (Wildman–Crippen LogP) is 1.19. The van der Waals surface area contributed by atoms with Crippen LogP contribution in [0.3, 0.4) is 0 Å². The molecule has 1 saturated heterocycles. The van der Waals surface area contributed by atoms with E-state index in [1.54, 1.807) is 12.2 Å². The fourth-order valence-electron chi connectivity index (χ4n) is 2.81. The summed E-state index contributed by atoms with van der Waals surface area (Å²) < 4.78 is 5.43. The number of nitrogens with one attached hydrogen (secondary N) is 1. The van der Waals surface area contributed by atoms with E-state index in [-0.39, 0.29) is 5.69 Å². The predicted molar refractivity (Wildman–Crippen MR) is 74.1 cm³/mol. The SMILES string of the molecule is O=C(O)[C@H]1[C@H](C(=O)Nc2ccc([N+](=O)[O-])cc2)[C@H]2C=C[C@H]1O2. The van der Waals surface area contributed by atoms with Gasteiger partial charge in [0.2, 0.25) is 5.91 Å². The van der Waals surface area contributed by atoms with Crippen LogP contribution >= 0.6 is 0 Å². The number of hydrogen-bond acceptors (Lipinski definition) is 5. The van der Waals surface area contributed by atoms with Crippen molar-refractivity contribution < 1.29 is 24.4 Å². The maximum Gasteiger partial charge on any atom is 0.310 e. The summed E-state index contributed by atoms with van der Waals surface area (Å²) in [5, 5.41) is 22.4. The van der Waals surface area contributed by atoms with Crippen molar-refractivity contribution in [3.63, 3.8) is 0 Å². The number of anilines is 1. The van der Waals surface area contributed by atoms with Crippen LogP contribution in [0.2, 0.25) is 0 Å². The van der Waals surface area contributed by atoms with Crippen LogP contribution in [-0.4, -0.2) is 34.1 Å². The molecule has 8 nitrogen and oxygen atoms in total. The highest BCUT2D eigenvalue weighted by Gasteiger charge is 2.53. The number of nitro benzene ring substituents is 1. The number of nitro groups is 1. The largest absolute Gasteiger partial charge is 0.481 e. The van der Waals surface area contributed by atoms with Gasteiger partial charge in [-0.05, 0) is 12.1 Å². The molecular weight excluding hydrogens is 292 g/mol. The molecule has 1 fully saturated rings. The molecule has 0 aliphatic carbocycles. The van der Waals surface area contributed by atoms with Gasteiger partial charge in [0.05, 0.1) is 23.0 Å². The maximum atomic E-state index is 12.3. The van der Waals surface area contributed by atoms with E-state index < -0.39 is 40.8 Å². The van der Waals surface area contributed by atoms with E-state index in [1.165, 1.54) is 24.3 Å². The summed E-state index contributed by atoms with van der Waals surface area (Å²) in [7, 11) is 0.